The molecule has 0 aliphatic carbocycles. The van der Waals surface area contributed by atoms with Gasteiger partial charge in [0.25, 0.3) is 0 Å². The van der Waals surface area contributed by atoms with Gasteiger partial charge in [-0.2, -0.15) is 10.2 Å². The van der Waals surface area contributed by atoms with Gasteiger partial charge in [0.2, 0.25) is 0 Å². The number of carbonyl (C=O) groups excluding carboxylic acids is 2. The number of nitrogens with zero attached hydrogens (tertiary/aromatic N) is 6. The lowest BCUT2D eigenvalue weighted by molar-refractivity contribution is 0.206. The second-order valence-electron chi connectivity index (χ2n) is 23.1. The summed E-state index contributed by atoms with van der Waals surface area (Å²) in [4.78, 5) is 32.5. The molecule has 14 nitrogen and oxygen atoms in total. The van der Waals surface area contributed by atoms with E-state index < -0.39 is 25.1 Å². The number of sulfone groups is 2. The molecule has 2 fully saturated rings. The van der Waals surface area contributed by atoms with Crippen LogP contribution in [0.5, 0.6) is 0 Å². The zero-order valence-corrected chi connectivity index (χ0v) is 47.9. The summed E-state index contributed by atoms with van der Waals surface area (Å²) in [5.41, 5.74) is 8.80. The average Bonchev–Trinajstić information content (AvgIpc) is 4.25. The van der Waals surface area contributed by atoms with Crippen LogP contribution in [-0.4, -0.2) is 95.9 Å². The third-order valence-electron chi connectivity index (χ3n) is 15.4. The summed E-state index contributed by atoms with van der Waals surface area (Å²) >= 11 is 0. The Kier molecular flexibility index (Phi) is 16.5. The molecule has 0 spiro atoms. The van der Waals surface area contributed by atoms with Crippen molar-refractivity contribution < 1.29 is 26.4 Å². The van der Waals surface area contributed by atoms with Crippen LogP contribution in [-0.2, 0) is 50.0 Å². The molecule has 0 bridgehead atoms. The minimum Gasteiger partial charge on any atom is -0.334 e. The largest absolute Gasteiger partial charge is 0.334 e. The van der Waals surface area contributed by atoms with Crippen molar-refractivity contribution >= 4 is 31.7 Å². The van der Waals surface area contributed by atoms with Crippen LogP contribution in [0.3, 0.4) is 0 Å². The second-order valence-corrected chi connectivity index (χ2v) is 27.7. The van der Waals surface area contributed by atoms with Crippen LogP contribution in [0.1, 0.15) is 162 Å². The topological polar surface area (TPSA) is 169 Å². The van der Waals surface area contributed by atoms with E-state index >= 15 is 0 Å². The van der Waals surface area contributed by atoms with E-state index in [1.165, 1.54) is 0 Å². The van der Waals surface area contributed by atoms with Gasteiger partial charge in [0.05, 0.1) is 32.7 Å². The number of hydrogen-bond donors (Lipinski definition) is 2. The maximum atomic E-state index is 14.1. The molecule has 0 saturated carbocycles. The Morgan fingerprint density at radius 1 is 0.592 bits per heavy atom. The predicted octanol–water partition coefficient (Wildman–Crippen LogP) is 10.8. The number of amides is 4. The Balaban J connectivity index is 1.04. The molecule has 6 aromatic rings. The zero-order chi connectivity index (χ0) is 54.9. The summed E-state index contributed by atoms with van der Waals surface area (Å²) in [6.07, 6.45) is 2.91. The molecule has 4 amide bonds. The summed E-state index contributed by atoms with van der Waals surface area (Å²) in [5, 5.41) is 16.7. The summed E-state index contributed by atoms with van der Waals surface area (Å²) in [6.45, 7) is 25.5. The molecule has 406 valence electrons. The minimum atomic E-state index is -3.33. The highest BCUT2D eigenvalue weighted by Gasteiger charge is 2.43. The number of benzene rings is 4. The van der Waals surface area contributed by atoms with E-state index in [-0.39, 0.29) is 87.6 Å². The first kappa shape index (κ1) is 56.0. The molecule has 4 unspecified atom stereocenters. The van der Waals surface area contributed by atoms with Gasteiger partial charge in [-0.25, -0.2) is 26.4 Å². The van der Waals surface area contributed by atoms with Crippen LogP contribution in [0.2, 0.25) is 0 Å². The van der Waals surface area contributed by atoms with Gasteiger partial charge in [-0.05, 0) is 97.8 Å². The van der Waals surface area contributed by atoms with E-state index in [0.717, 1.165) is 50.5 Å². The lowest BCUT2D eigenvalue weighted by Gasteiger charge is -2.28. The molecular weight excluding hydrogens is 993 g/mol. The Bertz CT molecular complexity index is 3210. The fourth-order valence-corrected chi connectivity index (χ4v) is 12.6. The molecule has 2 N–H and O–H groups in total. The highest BCUT2D eigenvalue weighted by molar-refractivity contribution is 7.91. The van der Waals surface area contributed by atoms with Crippen molar-refractivity contribution in [2.45, 2.75) is 152 Å². The molecule has 2 aliphatic rings. The van der Waals surface area contributed by atoms with Crippen LogP contribution in [0, 0.1) is 0 Å². The molecule has 8 rings (SSSR count). The van der Waals surface area contributed by atoms with E-state index in [1.807, 2.05) is 15.9 Å². The third-order valence-corrected chi connectivity index (χ3v) is 18.9. The molecule has 4 heterocycles. The molecule has 2 saturated heterocycles. The van der Waals surface area contributed by atoms with Crippen molar-refractivity contribution in [1.82, 2.24) is 40.0 Å². The van der Waals surface area contributed by atoms with Crippen LogP contribution < -0.4 is 10.6 Å². The standard InChI is InChI=1S/C60H78N8O6S2/c1-12-75(71,72)47-27-21-43(22-28-47)33-61-57(69)65-35-49(45-17-15-14-16-18-45)51(37-65)53-39-67(40(3)4)64-56(53)60(10,11)32-42-19-25-46(26-20-42)50-36-66(38-52(50)54-31-55(59(7,8)9)63-68(54)41(5)6)58(70)62-34-44-23-29-48(30-24-44)76(73,74)13-2/h14-31,39-41,49-52H,12-13,32-38H2,1-11H3,(H,61,69)(H,62,70). The minimum absolute atomic E-state index is 0.00991. The van der Waals surface area contributed by atoms with Gasteiger partial charge in [0.1, 0.15) is 0 Å². The van der Waals surface area contributed by atoms with Gasteiger partial charge >= 0.3 is 12.1 Å². The number of hydrogen-bond acceptors (Lipinski definition) is 8. The maximum Gasteiger partial charge on any atom is 0.317 e. The number of likely N-dealkylation sites (tertiary alicyclic amines) is 2. The fraction of sp³-hybridized carbons (Fsp3) is 0.467. The van der Waals surface area contributed by atoms with Crippen molar-refractivity contribution in [1.29, 1.82) is 0 Å². The Labute approximate surface area is 451 Å². The predicted molar refractivity (Wildman–Crippen MR) is 300 cm³/mol. The SMILES string of the molecule is CCS(=O)(=O)c1ccc(CNC(=O)N2CC(c3ccccc3)C(c3cn(C(C)C)nc3C(C)(C)Cc3ccc(C4CN(C(=O)NCc5ccc(S(=O)(=O)CC)cc5)CC4c4cc(C(C)(C)C)nn4C(C)C)cc3)C2)cc1. The van der Waals surface area contributed by atoms with Gasteiger partial charge in [-0.15, -0.1) is 0 Å². The van der Waals surface area contributed by atoms with Crippen LogP contribution in [0.25, 0.3) is 0 Å². The Hall–Kier alpha value is -6.26. The number of aromatic nitrogens is 4. The van der Waals surface area contributed by atoms with E-state index in [1.54, 1.807) is 62.4 Å². The normalized spacial score (nSPS) is 18.5. The van der Waals surface area contributed by atoms with Gasteiger partial charge in [-0.3, -0.25) is 9.36 Å². The molecule has 0 radical (unpaired) electrons. The molecule has 76 heavy (non-hydrogen) atoms. The van der Waals surface area contributed by atoms with Gasteiger partial charge in [0, 0.05) is 97.7 Å². The summed E-state index contributed by atoms with van der Waals surface area (Å²) in [7, 11) is -6.66. The fourth-order valence-electron chi connectivity index (χ4n) is 10.9. The molecule has 2 aromatic heterocycles. The van der Waals surface area contributed by atoms with Crippen molar-refractivity contribution in [3.8, 4) is 0 Å². The molecule has 2 aliphatic heterocycles. The number of carbonyl (C=O) groups is 2. The molecule has 16 heteroatoms. The number of nitrogens with one attached hydrogen (secondary N) is 2. The second kappa shape index (κ2) is 22.4. The summed E-state index contributed by atoms with van der Waals surface area (Å²) in [6, 6.07) is 34.9. The average molecular weight is 1070 g/mol. The van der Waals surface area contributed by atoms with Crippen LogP contribution >= 0.6 is 0 Å². The Morgan fingerprint density at radius 2 is 1.05 bits per heavy atom. The maximum absolute atomic E-state index is 14.1. The van der Waals surface area contributed by atoms with Crippen molar-refractivity contribution in [3.63, 3.8) is 0 Å². The third kappa shape index (κ3) is 12.3. The highest BCUT2D eigenvalue weighted by atomic mass is 32.2. The summed E-state index contributed by atoms with van der Waals surface area (Å²) in [5.74, 6) is 0.0136. The van der Waals surface area contributed by atoms with E-state index in [2.05, 4.69) is 143 Å². The lowest BCUT2D eigenvalue weighted by Crippen LogP contribution is -2.38. The lowest BCUT2D eigenvalue weighted by atomic mass is 9.76. The molecule has 4 aromatic carbocycles. The van der Waals surface area contributed by atoms with Crippen LogP contribution in [0.4, 0.5) is 9.59 Å². The number of rotatable bonds is 17. The van der Waals surface area contributed by atoms with E-state index in [0.29, 0.717) is 32.6 Å². The first-order chi connectivity index (χ1) is 35.9. The first-order valence-electron chi connectivity index (χ1n) is 26.9. The van der Waals surface area contributed by atoms with Crippen molar-refractivity contribution in [2.24, 2.45) is 0 Å². The smallest absolute Gasteiger partial charge is 0.317 e. The van der Waals surface area contributed by atoms with Crippen molar-refractivity contribution in [2.75, 3.05) is 37.7 Å². The number of urea groups is 2. The van der Waals surface area contributed by atoms with E-state index in [9.17, 15) is 26.4 Å². The Morgan fingerprint density at radius 3 is 1.53 bits per heavy atom. The monoisotopic (exact) mass is 1070 g/mol. The molecular formula is C60H78N8O6S2. The first-order valence-corrected chi connectivity index (χ1v) is 30.2. The van der Waals surface area contributed by atoms with Gasteiger partial charge in [-0.1, -0.05) is 127 Å². The highest BCUT2D eigenvalue weighted by Crippen LogP contribution is 2.45. The van der Waals surface area contributed by atoms with Crippen molar-refractivity contribution in [3.05, 3.63) is 166 Å². The zero-order valence-electron chi connectivity index (χ0n) is 46.2. The van der Waals surface area contributed by atoms with Gasteiger partial charge < -0.3 is 20.4 Å². The van der Waals surface area contributed by atoms with Gasteiger partial charge in [0.15, 0.2) is 19.7 Å². The quantitative estimate of drug-likeness (QED) is 0.0910. The summed E-state index contributed by atoms with van der Waals surface area (Å²) < 4.78 is 53.9. The van der Waals surface area contributed by atoms with Crippen LogP contribution in [0.15, 0.2) is 125 Å². The molecule has 4 atom stereocenters. The van der Waals surface area contributed by atoms with E-state index in [4.69, 9.17) is 10.2 Å².